The third-order valence-corrected chi connectivity index (χ3v) is 4.77. The molecule has 0 unspecified atom stereocenters. The molecule has 2 fully saturated rings. The van der Waals surface area contributed by atoms with Crippen LogP contribution in [0.5, 0.6) is 5.75 Å². The van der Waals surface area contributed by atoms with Gasteiger partial charge in [0.1, 0.15) is 5.75 Å². The number of carbonyl (C=O) groups excluding carboxylic acids is 1. The van der Waals surface area contributed by atoms with Crippen molar-refractivity contribution in [3.8, 4) is 5.75 Å². The highest BCUT2D eigenvalue weighted by Gasteiger charge is 2.27. The molecule has 1 saturated heterocycles. The minimum absolute atomic E-state index is 0.173. The van der Waals surface area contributed by atoms with Gasteiger partial charge in [0.2, 0.25) is 5.91 Å². The molecular formula is C17H24N2O2. The second-order valence-corrected chi connectivity index (χ2v) is 6.20. The summed E-state index contributed by atoms with van der Waals surface area (Å²) >= 11 is 0. The fraction of sp³-hybridized carbons (Fsp3) is 0.588. The first-order chi connectivity index (χ1) is 10.2. The van der Waals surface area contributed by atoms with Crippen LogP contribution < -0.4 is 0 Å². The van der Waals surface area contributed by atoms with E-state index in [1.54, 1.807) is 18.2 Å². The van der Waals surface area contributed by atoms with Crippen molar-refractivity contribution in [1.29, 1.82) is 0 Å². The fourth-order valence-electron chi connectivity index (χ4n) is 3.56. The number of amides is 1. The first-order valence-electron chi connectivity index (χ1n) is 8.02. The number of hydrogen-bond acceptors (Lipinski definition) is 3. The van der Waals surface area contributed by atoms with Crippen LogP contribution >= 0.6 is 0 Å². The number of rotatable bonds is 3. The van der Waals surface area contributed by atoms with Gasteiger partial charge in [-0.1, -0.05) is 25.0 Å². The Hall–Kier alpha value is -1.55. The molecule has 1 aromatic carbocycles. The van der Waals surface area contributed by atoms with Crippen molar-refractivity contribution in [3.05, 3.63) is 29.8 Å². The highest BCUT2D eigenvalue weighted by atomic mass is 16.3. The zero-order chi connectivity index (χ0) is 14.7. The lowest BCUT2D eigenvalue weighted by molar-refractivity contribution is -0.132. The molecule has 21 heavy (non-hydrogen) atoms. The number of nitrogens with zero attached hydrogens (tertiary/aromatic N) is 2. The van der Waals surface area contributed by atoms with E-state index in [9.17, 15) is 9.90 Å². The van der Waals surface area contributed by atoms with Gasteiger partial charge in [-0.05, 0) is 30.5 Å². The van der Waals surface area contributed by atoms with Gasteiger partial charge in [0.25, 0.3) is 0 Å². The summed E-state index contributed by atoms with van der Waals surface area (Å²) in [6, 6.07) is 7.75. The highest BCUT2D eigenvalue weighted by molar-refractivity contribution is 5.79. The average Bonchev–Trinajstić information content (AvgIpc) is 3.01. The Morgan fingerprint density at radius 1 is 1.14 bits per heavy atom. The second kappa shape index (κ2) is 6.48. The standard InChI is InChI=1S/C17H24N2O2/c20-16-7-3-4-14(12-16)13-17(21)19-10-8-18(9-11-19)15-5-1-2-6-15/h3-4,7,12,15,20H,1-2,5-6,8-11,13H2. The van der Waals surface area contributed by atoms with Crippen molar-refractivity contribution >= 4 is 5.91 Å². The summed E-state index contributed by atoms with van der Waals surface area (Å²) in [6.45, 7) is 3.70. The molecule has 3 rings (SSSR count). The molecule has 1 aliphatic heterocycles. The van der Waals surface area contributed by atoms with Crippen LogP contribution in [0.2, 0.25) is 0 Å². The van der Waals surface area contributed by atoms with Crippen LogP contribution in [-0.2, 0) is 11.2 Å². The Kier molecular flexibility index (Phi) is 4.44. The lowest BCUT2D eigenvalue weighted by Gasteiger charge is -2.38. The Balaban J connectivity index is 1.50. The number of benzene rings is 1. The molecule has 0 spiro atoms. The number of piperazine rings is 1. The summed E-state index contributed by atoms with van der Waals surface area (Å²) < 4.78 is 0. The largest absolute Gasteiger partial charge is 0.508 e. The number of carbonyl (C=O) groups is 1. The summed E-state index contributed by atoms with van der Waals surface area (Å²) in [5, 5.41) is 9.46. The van der Waals surface area contributed by atoms with Gasteiger partial charge >= 0.3 is 0 Å². The lowest BCUT2D eigenvalue weighted by atomic mass is 10.1. The third-order valence-electron chi connectivity index (χ3n) is 4.77. The molecular weight excluding hydrogens is 264 g/mol. The van der Waals surface area contributed by atoms with Crippen molar-refractivity contribution in [3.63, 3.8) is 0 Å². The maximum Gasteiger partial charge on any atom is 0.227 e. The van der Waals surface area contributed by atoms with Gasteiger partial charge in [0.05, 0.1) is 6.42 Å². The second-order valence-electron chi connectivity index (χ2n) is 6.20. The van der Waals surface area contributed by atoms with E-state index < -0.39 is 0 Å². The van der Waals surface area contributed by atoms with E-state index in [0.717, 1.165) is 37.8 Å². The molecule has 4 nitrogen and oxygen atoms in total. The number of hydrogen-bond donors (Lipinski definition) is 1. The summed E-state index contributed by atoms with van der Waals surface area (Å²) in [5.74, 6) is 0.401. The van der Waals surface area contributed by atoms with Gasteiger partial charge in [0, 0.05) is 32.2 Å². The van der Waals surface area contributed by atoms with Gasteiger partial charge < -0.3 is 10.0 Å². The van der Waals surface area contributed by atoms with E-state index >= 15 is 0 Å². The first-order valence-corrected chi connectivity index (χ1v) is 8.02. The number of phenols is 1. The van der Waals surface area contributed by atoms with Crippen LogP contribution in [0.3, 0.4) is 0 Å². The molecule has 0 bridgehead atoms. The van der Waals surface area contributed by atoms with Crippen LogP contribution in [0, 0.1) is 0 Å². The number of phenolic OH excluding ortho intramolecular Hbond substituents is 1. The normalized spacial score (nSPS) is 20.9. The molecule has 4 heteroatoms. The number of aromatic hydroxyl groups is 1. The minimum atomic E-state index is 0.173. The molecule has 114 valence electrons. The Bertz CT molecular complexity index is 489. The monoisotopic (exact) mass is 288 g/mol. The minimum Gasteiger partial charge on any atom is -0.508 e. The van der Waals surface area contributed by atoms with E-state index in [1.807, 2.05) is 11.0 Å². The molecule has 1 aromatic rings. The van der Waals surface area contributed by atoms with Crippen LogP contribution in [-0.4, -0.2) is 53.0 Å². The van der Waals surface area contributed by atoms with E-state index in [2.05, 4.69) is 4.90 Å². The third kappa shape index (κ3) is 3.56. The zero-order valence-electron chi connectivity index (χ0n) is 12.5. The summed E-state index contributed by atoms with van der Waals surface area (Å²) in [5.41, 5.74) is 0.887. The molecule has 0 aromatic heterocycles. The lowest BCUT2D eigenvalue weighted by Crippen LogP contribution is -2.51. The molecule has 0 atom stereocenters. The van der Waals surface area contributed by atoms with Crippen molar-refractivity contribution in [2.45, 2.75) is 38.1 Å². The maximum atomic E-state index is 12.3. The van der Waals surface area contributed by atoms with E-state index in [0.29, 0.717) is 6.42 Å². The molecule has 1 aliphatic carbocycles. The van der Waals surface area contributed by atoms with Crippen LogP contribution in [0.4, 0.5) is 0 Å². The van der Waals surface area contributed by atoms with Gasteiger partial charge in [0.15, 0.2) is 0 Å². The Labute approximate surface area is 126 Å². The fourth-order valence-corrected chi connectivity index (χ4v) is 3.56. The van der Waals surface area contributed by atoms with Crippen LogP contribution in [0.25, 0.3) is 0 Å². The van der Waals surface area contributed by atoms with Crippen molar-refractivity contribution in [2.24, 2.45) is 0 Å². The van der Waals surface area contributed by atoms with Gasteiger partial charge in [-0.25, -0.2) is 0 Å². The van der Waals surface area contributed by atoms with Gasteiger partial charge in [-0.15, -0.1) is 0 Å². The van der Waals surface area contributed by atoms with Gasteiger partial charge in [-0.3, -0.25) is 9.69 Å². The molecule has 1 heterocycles. The van der Waals surface area contributed by atoms with E-state index in [4.69, 9.17) is 0 Å². The van der Waals surface area contributed by atoms with Crippen molar-refractivity contribution in [2.75, 3.05) is 26.2 Å². The van der Waals surface area contributed by atoms with Crippen LogP contribution in [0.1, 0.15) is 31.2 Å². The maximum absolute atomic E-state index is 12.3. The average molecular weight is 288 g/mol. The smallest absolute Gasteiger partial charge is 0.227 e. The molecule has 1 N–H and O–H groups in total. The summed E-state index contributed by atoms with van der Waals surface area (Å²) in [7, 11) is 0. The van der Waals surface area contributed by atoms with Crippen LogP contribution in [0.15, 0.2) is 24.3 Å². The SMILES string of the molecule is O=C(Cc1cccc(O)c1)N1CCN(C2CCCC2)CC1. The molecule has 2 aliphatic rings. The van der Waals surface area contributed by atoms with Gasteiger partial charge in [-0.2, -0.15) is 0 Å². The van der Waals surface area contributed by atoms with Crippen molar-refractivity contribution < 1.29 is 9.90 Å². The highest BCUT2D eigenvalue weighted by Crippen LogP contribution is 2.24. The van der Waals surface area contributed by atoms with E-state index in [1.165, 1.54) is 25.7 Å². The Morgan fingerprint density at radius 3 is 2.52 bits per heavy atom. The first kappa shape index (κ1) is 14.4. The van der Waals surface area contributed by atoms with E-state index in [-0.39, 0.29) is 11.7 Å². The molecule has 0 radical (unpaired) electrons. The molecule has 1 amide bonds. The molecule has 1 saturated carbocycles. The van der Waals surface area contributed by atoms with Crippen molar-refractivity contribution in [1.82, 2.24) is 9.80 Å². The summed E-state index contributed by atoms with van der Waals surface area (Å²) in [6.07, 6.45) is 5.77. The zero-order valence-corrected chi connectivity index (χ0v) is 12.5. The topological polar surface area (TPSA) is 43.8 Å². The Morgan fingerprint density at radius 2 is 1.86 bits per heavy atom. The predicted molar refractivity (Wildman–Crippen MR) is 82.2 cm³/mol. The quantitative estimate of drug-likeness (QED) is 0.925. The predicted octanol–water partition coefficient (Wildman–Crippen LogP) is 2.02. The summed E-state index contributed by atoms with van der Waals surface area (Å²) in [4.78, 5) is 16.9.